The predicted octanol–water partition coefficient (Wildman–Crippen LogP) is 4.47. The molecule has 0 spiro atoms. The summed E-state index contributed by atoms with van der Waals surface area (Å²) in [5.74, 6) is 0.0578. The maximum absolute atomic E-state index is 9.91. The molecule has 4 nitrogen and oxygen atoms in total. The summed E-state index contributed by atoms with van der Waals surface area (Å²) in [5.41, 5.74) is 3.57. The Kier molecular flexibility index (Phi) is 3.21. The molecule has 3 rings (SSSR count). The molecule has 0 bridgehead atoms. The second kappa shape index (κ2) is 5.17. The summed E-state index contributed by atoms with van der Waals surface area (Å²) in [6.07, 6.45) is 0. The fourth-order valence-corrected chi connectivity index (χ4v) is 2.15. The fraction of sp³-hybridized carbons (Fsp3) is 0.125. The smallest absolute Gasteiger partial charge is 0.218 e. The highest BCUT2D eigenvalue weighted by Gasteiger charge is 2.09. The maximum atomic E-state index is 9.91. The quantitative estimate of drug-likeness (QED) is 0.674. The molecule has 20 heavy (non-hydrogen) atoms. The Labute approximate surface area is 116 Å². The Morgan fingerprint density at radius 2 is 1.90 bits per heavy atom. The number of fused-ring (bicyclic) bond motifs is 1. The van der Waals surface area contributed by atoms with Gasteiger partial charge in [0.25, 0.3) is 0 Å². The standard InChI is InChI=1S/C16H15N3O/c1-11-7-8-14-13(9-11)15(16(20)18-14)19-17-10-12-5-3-2-4-6-12/h2-9,18,20H,10H2,1H3. The van der Waals surface area contributed by atoms with E-state index >= 15 is 0 Å². The van der Waals surface area contributed by atoms with Gasteiger partial charge in [-0.3, -0.25) is 0 Å². The Bertz CT molecular complexity index is 760. The molecular formula is C16H15N3O. The summed E-state index contributed by atoms with van der Waals surface area (Å²) in [6, 6.07) is 15.8. The lowest BCUT2D eigenvalue weighted by Gasteiger charge is -1.95. The molecule has 2 N–H and O–H groups in total. The van der Waals surface area contributed by atoms with Gasteiger partial charge in [-0.25, -0.2) is 0 Å². The van der Waals surface area contributed by atoms with E-state index in [0.717, 1.165) is 22.0 Å². The van der Waals surface area contributed by atoms with Gasteiger partial charge in [-0.15, -0.1) is 5.11 Å². The summed E-state index contributed by atoms with van der Waals surface area (Å²) >= 11 is 0. The van der Waals surface area contributed by atoms with Crippen LogP contribution in [0.3, 0.4) is 0 Å². The molecule has 0 radical (unpaired) electrons. The van der Waals surface area contributed by atoms with E-state index in [1.165, 1.54) is 0 Å². The minimum Gasteiger partial charge on any atom is -0.493 e. The second-order valence-corrected chi connectivity index (χ2v) is 4.76. The Morgan fingerprint density at radius 3 is 2.70 bits per heavy atom. The Morgan fingerprint density at radius 1 is 1.10 bits per heavy atom. The van der Waals surface area contributed by atoms with E-state index in [9.17, 15) is 5.11 Å². The van der Waals surface area contributed by atoms with Crippen LogP contribution in [0.4, 0.5) is 5.69 Å². The van der Waals surface area contributed by atoms with Gasteiger partial charge in [0.1, 0.15) is 0 Å². The Hall–Kier alpha value is -2.62. The molecule has 4 heteroatoms. The van der Waals surface area contributed by atoms with Crippen molar-refractivity contribution >= 4 is 16.6 Å². The van der Waals surface area contributed by atoms with E-state index in [2.05, 4.69) is 15.2 Å². The fourth-order valence-electron chi connectivity index (χ4n) is 2.15. The van der Waals surface area contributed by atoms with Crippen molar-refractivity contribution in [2.75, 3.05) is 0 Å². The van der Waals surface area contributed by atoms with Gasteiger partial charge in [0.2, 0.25) is 5.88 Å². The van der Waals surface area contributed by atoms with Gasteiger partial charge < -0.3 is 10.1 Å². The minimum absolute atomic E-state index is 0.0578. The van der Waals surface area contributed by atoms with Gasteiger partial charge in [-0.2, -0.15) is 5.11 Å². The minimum atomic E-state index is 0.0578. The zero-order chi connectivity index (χ0) is 13.9. The molecule has 3 aromatic rings. The molecule has 0 unspecified atom stereocenters. The molecule has 1 heterocycles. The number of azo groups is 1. The topological polar surface area (TPSA) is 60.7 Å². The zero-order valence-electron chi connectivity index (χ0n) is 11.2. The van der Waals surface area contributed by atoms with Gasteiger partial charge in [-0.1, -0.05) is 42.0 Å². The van der Waals surface area contributed by atoms with Crippen molar-refractivity contribution in [2.24, 2.45) is 10.2 Å². The van der Waals surface area contributed by atoms with E-state index in [4.69, 9.17) is 0 Å². The second-order valence-electron chi connectivity index (χ2n) is 4.76. The number of aromatic hydroxyl groups is 1. The number of aromatic amines is 1. The van der Waals surface area contributed by atoms with Crippen LogP contribution in [-0.4, -0.2) is 10.1 Å². The number of hydrogen-bond donors (Lipinski definition) is 2. The first-order chi connectivity index (χ1) is 9.74. The molecule has 0 saturated carbocycles. The lowest BCUT2D eigenvalue weighted by Crippen LogP contribution is -1.77. The zero-order valence-corrected chi connectivity index (χ0v) is 11.2. The van der Waals surface area contributed by atoms with Crippen LogP contribution in [0.1, 0.15) is 11.1 Å². The SMILES string of the molecule is Cc1ccc2[nH]c(O)c(N=NCc3ccccc3)c2c1. The maximum Gasteiger partial charge on any atom is 0.218 e. The van der Waals surface area contributed by atoms with Crippen molar-refractivity contribution in [1.29, 1.82) is 0 Å². The lowest BCUT2D eigenvalue weighted by atomic mass is 10.1. The lowest BCUT2D eigenvalue weighted by molar-refractivity contribution is 0.459. The van der Waals surface area contributed by atoms with E-state index < -0.39 is 0 Å². The van der Waals surface area contributed by atoms with Gasteiger partial charge in [0.05, 0.1) is 12.1 Å². The van der Waals surface area contributed by atoms with E-state index in [1.807, 2.05) is 55.5 Å². The van der Waals surface area contributed by atoms with Crippen LogP contribution in [0.2, 0.25) is 0 Å². The highest BCUT2D eigenvalue weighted by molar-refractivity contribution is 5.94. The van der Waals surface area contributed by atoms with Gasteiger partial charge >= 0.3 is 0 Å². The number of aromatic nitrogens is 1. The van der Waals surface area contributed by atoms with Crippen molar-refractivity contribution in [3.63, 3.8) is 0 Å². The number of rotatable bonds is 3. The predicted molar refractivity (Wildman–Crippen MR) is 79.4 cm³/mol. The summed E-state index contributed by atoms with van der Waals surface area (Å²) in [6.45, 7) is 2.51. The molecule has 0 saturated heterocycles. The van der Waals surface area contributed by atoms with Gasteiger partial charge in [0.15, 0.2) is 5.69 Å². The molecule has 0 atom stereocenters. The molecule has 2 aromatic carbocycles. The van der Waals surface area contributed by atoms with Crippen molar-refractivity contribution < 1.29 is 5.11 Å². The molecule has 0 aliphatic rings. The number of benzene rings is 2. The number of hydrogen-bond acceptors (Lipinski definition) is 3. The molecule has 0 aliphatic heterocycles. The van der Waals surface area contributed by atoms with E-state index in [-0.39, 0.29) is 5.88 Å². The van der Waals surface area contributed by atoms with Gasteiger partial charge in [0, 0.05) is 5.39 Å². The van der Waals surface area contributed by atoms with E-state index in [1.54, 1.807) is 0 Å². The van der Waals surface area contributed by atoms with Crippen LogP contribution in [0.25, 0.3) is 10.9 Å². The highest BCUT2D eigenvalue weighted by atomic mass is 16.3. The summed E-state index contributed by atoms with van der Waals surface area (Å²) in [5, 5.41) is 19.1. The number of aryl methyl sites for hydroxylation is 1. The number of nitrogens with zero attached hydrogens (tertiary/aromatic N) is 2. The molecule has 100 valence electrons. The van der Waals surface area contributed by atoms with Crippen LogP contribution < -0.4 is 0 Å². The van der Waals surface area contributed by atoms with E-state index in [0.29, 0.717) is 12.2 Å². The molecular weight excluding hydrogens is 250 g/mol. The molecule has 0 fully saturated rings. The van der Waals surface area contributed by atoms with Crippen molar-refractivity contribution in [1.82, 2.24) is 4.98 Å². The molecule has 0 amide bonds. The Balaban J connectivity index is 1.90. The van der Waals surface area contributed by atoms with Crippen molar-refractivity contribution in [3.05, 3.63) is 59.7 Å². The van der Waals surface area contributed by atoms with Crippen molar-refractivity contribution in [2.45, 2.75) is 13.5 Å². The third kappa shape index (κ3) is 2.40. The largest absolute Gasteiger partial charge is 0.493 e. The first-order valence-corrected chi connectivity index (χ1v) is 6.47. The van der Waals surface area contributed by atoms with Crippen LogP contribution in [0.5, 0.6) is 5.88 Å². The first kappa shape index (κ1) is 12.4. The van der Waals surface area contributed by atoms with Crippen LogP contribution >= 0.6 is 0 Å². The number of nitrogens with one attached hydrogen (secondary N) is 1. The third-order valence-electron chi connectivity index (χ3n) is 3.17. The van der Waals surface area contributed by atoms with Gasteiger partial charge in [-0.05, 0) is 24.6 Å². The monoisotopic (exact) mass is 265 g/mol. The van der Waals surface area contributed by atoms with Crippen molar-refractivity contribution in [3.8, 4) is 5.88 Å². The molecule has 1 aromatic heterocycles. The highest BCUT2D eigenvalue weighted by Crippen LogP contribution is 2.35. The van der Waals surface area contributed by atoms with Crippen LogP contribution in [0.15, 0.2) is 58.8 Å². The summed E-state index contributed by atoms with van der Waals surface area (Å²) in [7, 11) is 0. The van der Waals surface area contributed by atoms with Crippen LogP contribution in [-0.2, 0) is 6.54 Å². The first-order valence-electron chi connectivity index (χ1n) is 6.47. The third-order valence-corrected chi connectivity index (χ3v) is 3.17. The summed E-state index contributed by atoms with van der Waals surface area (Å²) in [4.78, 5) is 2.90. The average Bonchev–Trinajstić information content (AvgIpc) is 2.76. The average molecular weight is 265 g/mol. The number of H-pyrrole nitrogens is 1. The summed E-state index contributed by atoms with van der Waals surface area (Å²) < 4.78 is 0. The normalized spacial score (nSPS) is 11.4. The molecule has 0 aliphatic carbocycles. The van der Waals surface area contributed by atoms with Crippen LogP contribution in [0, 0.1) is 6.92 Å².